The standard InChI is InChI=1S/C22H23N5O4/c1-15-5-2-6-16(11-15)21-24-20(31-25-21)14-26-10-4-7-17(13-26)22(28)23-18-8-3-9-19(12-18)27(29)30/h2-3,5-6,8-9,11-12,17H,4,7,10,13-14H2,1H3,(H,23,28). The molecule has 9 heteroatoms. The van der Waals surface area contributed by atoms with Gasteiger partial charge < -0.3 is 9.84 Å². The van der Waals surface area contributed by atoms with E-state index in [4.69, 9.17) is 4.52 Å². The number of hydrogen-bond acceptors (Lipinski definition) is 7. The van der Waals surface area contributed by atoms with Crippen LogP contribution in [0.2, 0.25) is 0 Å². The van der Waals surface area contributed by atoms with E-state index in [1.165, 1.54) is 12.1 Å². The Kier molecular flexibility index (Phi) is 6.03. The lowest BCUT2D eigenvalue weighted by atomic mass is 9.97. The summed E-state index contributed by atoms with van der Waals surface area (Å²) in [6.45, 7) is 3.88. The topological polar surface area (TPSA) is 114 Å². The highest BCUT2D eigenvalue weighted by molar-refractivity contribution is 5.93. The lowest BCUT2D eigenvalue weighted by molar-refractivity contribution is -0.384. The highest BCUT2D eigenvalue weighted by Crippen LogP contribution is 2.23. The Morgan fingerprint density at radius 3 is 2.94 bits per heavy atom. The number of nitro benzene ring substituents is 1. The molecule has 0 aliphatic carbocycles. The van der Waals surface area contributed by atoms with Crippen molar-refractivity contribution < 1.29 is 14.2 Å². The molecule has 0 saturated carbocycles. The van der Waals surface area contributed by atoms with Crippen molar-refractivity contribution in [3.8, 4) is 11.4 Å². The first-order valence-electron chi connectivity index (χ1n) is 10.2. The molecular weight excluding hydrogens is 398 g/mol. The number of carbonyl (C=O) groups excluding carboxylic acids is 1. The number of rotatable bonds is 6. The van der Waals surface area contributed by atoms with Gasteiger partial charge in [0.05, 0.1) is 17.4 Å². The molecule has 0 bridgehead atoms. The fourth-order valence-electron chi connectivity index (χ4n) is 3.77. The first-order valence-corrected chi connectivity index (χ1v) is 10.2. The van der Waals surface area contributed by atoms with Gasteiger partial charge in [-0.15, -0.1) is 0 Å². The Labute approximate surface area is 179 Å². The minimum atomic E-state index is -0.479. The number of nitrogens with one attached hydrogen (secondary N) is 1. The van der Waals surface area contributed by atoms with Crippen LogP contribution in [0, 0.1) is 23.0 Å². The van der Waals surface area contributed by atoms with E-state index in [-0.39, 0.29) is 17.5 Å². The largest absolute Gasteiger partial charge is 0.338 e. The first-order chi connectivity index (χ1) is 15.0. The van der Waals surface area contributed by atoms with Crippen LogP contribution in [0.25, 0.3) is 11.4 Å². The zero-order chi connectivity index (χ0) is 21.8. The van der Waals surface area contributed by atoms with Gasteiger partial charge in [0.1, 0.15) is 0 Å². The molecule has 1 N–H and O–H groups in total. The fraction of sp³-hybridized carbons (Fsp3) is 0.318. The predicted molar refractivity (Wildman–Crippen MR) is 114 cm³/mol. The maximum absolute atomic E-state index is 12.7. The molecule has 1 aromatic heterocycles. The third kappa shape index (κ3) is 5.13. The van der Waals surface area contributed by atoms with Crippen molar-refractivity contribution in [1.29, 1.82) is 0 Å². The number of piperidine rings is 1. The van der Waals surface area contributed by atoms with E-state index < -0.39 is 4.92 Å². The average molecular weight is 421 g/mol. The number of carbonyl (C=O) groups is 1. The van der Waals surface area contributed by atoms with E-state index in [9.17, 15) is 14.9 Å². The van der Waals surface area contributed by atoms with Gasteiger partial charge in [-0.25, -0.2) is 0 Å². The van der Waals surface area contributed by atoms with Crippen LogP contribution < -0.4 is 5.32 Å². The summed E-state index contributed by atoms with van der Waals surface area (Å²) in [5, 5.41) is 17.8. The number of nitrogens with zero attached hydrogens (tertiary/aromatic N) is 4. The van der Waals surface area contributed by atoms with E-state index in [1.54, 1.807) is 12.1 Å². The Hall–Kier alpha value is -3.59. The van der Waals surface area contributed by atoms with Crippen molar-refractivity contribution in [2.24, 2.45) is 5.92 Å². The molecular formula is C22H23N5O4. The van der Waals surface area contributed by atoms with Crippen molar-refractivity contribution in [2.75, 3.05) is 18.4 Å². The zero-order valence-electron chi connectivity index (χ0n) is 17.2. The Morgan fingerprint density at radius 1 is 1.29 bits per heavy atom. The van der Waals surface area contributed by atoms with Crippen molar-refractivity contribution in [3.63, 3.8) is 0 Å². The molecule has 0 radical (unpaired) electrons. The number of aryl methyl sites for hydroxylation is 1. The normalized spacial score (nSPS) is 16.7. The predicted octanol–water partition coefficient (Wildman–Crippen LogP) is 3.80. The number of amides is 1. The van der Waals surface area contributed by atoms with E-state index >= 15 is 0 Å². The van der Waals surface area contributed by atoms with Crippen molar-refractivity contribution in [1.82, 2.24) is 15.0 Å². The summed E-state index contributed by atoms with van der Waals surface area (Å²) in [6, 6.07) is 13.9. The van der Waals surface area contributed by atoms with Crippen molar-refractivity contribution in [2.45, 2.75) is 26.3 Å². The molecule has 0 spiro atoms. The van der Waals surface area contributed by atoms with Crippen LogP contribution in [-0.2, 0) is 11.3 Å². The lowest BCUT2D eigenvalue weighted by Crippen LogP contribution is -2.40. The van der Waals surface area contributed by atoms with Gasteiger partial charge in [-0.1, -0.05) is 35.0 Å². The SMILES string of the molecule is Cc1cccc(-c2noc(CN3CCCC(C(=O)Nc4cccc([N+](=O)[O-])c4)C3)n2)c1. The maximum Gasteiger partial charge on any atom is 0.271 e. The van der Waals surface area contributed by atoms with E-state index in [0.29, 0.717) is 30.5 Å². The molecule has 1 fully saturated rings. The second-order valence-electron chi connectivity index (χ2n) is 7.75. The molecule has 1 aliphatic heterocycles. The second-order valence-corrected chi connectivity index (χ2v) is 7.75. The Morgan fingerprint density at radius 2 is 2.13 bits per heavy atom. The highest BCUT2D eigenvalue weighted by Gasteiger charge is 2.27. The molecule has 1 amide bonds. The number of benzene rings is 2. The van der Waals surface area contributed by atoms with Gasteiger partial charge in [-0.05, 0) is 38.4 Å². The highest BCUT2D eigenvalue weighted by atomic mass is 16.6. The summed E-state index contributed by atoms with van der Waals surface area (Å²) >= 11 is 0. The smallest absolute Gasteiger partial charge is 0.271 e. The minimum absolute atomic E-state index is 0.0520. The molecule has 4 rings (SSSR count). The van der Waals surface area contributed by atoms with E-state index in [2.05, 4.69) is 20.4 Å². The van der Waals surface area contributed by atoms with Gasteiger partial charge in [0.2, 0.25) is 17.6 Å². The van der Waals surface area contributed by atoms with Gasteiger partial charge in [0, 0.05) is 29.9 Å². The van der Waals surface area contributed by atoms with E-state index in [0.717, 1.165) is 30.5 Å². The quantitative estimate of drug-likeness (QED) is 0.475. The Balaban J connectivity index is 1.37. The van der Waals surface area contributed by atoms with Crippen LogP contribution in [0.4, 0.5) is 11.4 Å². The van der Waals surface area contributed by atoms with Crippen LogP contribution in [0.3, 0.4) is 0 Å². The average Bonchev–Trinajstić information content (AvgIpc) is 3.22. The monoisotopic (exact) mass is 421 g/mol. The van der Waals surface area contributed by atoms with Crippen LogP contribution in [-0.4, -0.2) is 39.0 Å². The van der Waals surface area contributed by atoms with Crippen LogP contribution in [0.15, 0.2) is 53.1 Å². The molecule has 1 atom stereocenters. The lowest BCUT2D eigenvalue weighted by Gasteiger charge is -2.30. The third-order valence-electron chi connectivity index (χ3n) is 5.30. The zero-order valence-corrected chi connectivity index (χ0v) is 17.2. The Bertz CT molecular complexity index is 1100. The number of anilines is 1. The van der Waals surface area contributed by atoms with Crippen molar-refractivity contribution >= 4 is 17.3 Å². The minimum Gasteiger partial charge on any atom is -0.338 e. The molecule has 2 heterocycles. The molecule has 1 unspecified atom stereocenters. The first kappa shape index (κ1) is 20.7. The van der Waals surface area contributed by atoms with Gasteiger partial charge in [-0.2, -0.15) is 4.98 Å². The summed E-state index contributed by atoms with van der Waals surface area (Å²) in [4.78, 5) is 29.8. The molecule has 160 valence electrons. The van der Waals surface area contributed by atoms with Crippen LogP contribution in [0.5, 0.6) is 0 Å². The number of likely N-dealkylation sites (tertiary alicyclic amines) is 1. The summed E-state index contributed by atoms with van der Waals surface area (Å²) in [5.41, 5.74) is 2.40. The summed E-state index contributed by atoms with van der Waals surface area (Å²) in [6.07, 6.45) is 1.63. The van der Waals surface area contributed by atoms with Gasteiger partial charge in [-0.3, -0.25) is 19.8 Å². The molecule has 31 heavy (non-hydrogen) atoms. The number of non-ortho nitro benzene ring substituents is 1. The molecule has 2 aromatic carbocycles. The van der Waals surface area contributed by atoms with Crippen LogP contribution in [0.1, 0.15) is 24.3 Å². The summed E-state index contributed by atoms with van der Waals surface area (Å²) in [7, 11) is 0. The molecule has 1 saturated heterocycles. The van der Waals surface area contributed by atoms with Gasteiger partial charge >= 0.3 is 0 Å². The fourth-order valence-corrected chi connectivity index (χ4v) is 3.77. The molecule has 1 aliphatic rings. The maximum atomic E-state index is 12.7. The molecule has 9 nitrogen and oxygen atoms in total. The second kappa shape index (κ2) is 9.05. The number of aromatic nitrogens is 2. The van der Waals surface area contributed by atoms with Crippen molar-refractivity contribution in [3.05, 3.63) is 70.1 Å². The number of hydrogen-bond donors (Lipinski definition) is 1. The molecule has 3 aromatic rings. The van der Waals surface area contributed by atoms with E-state index in [1.807, 2.05) is 31.2 Å². The third-order valence-corrected chi connectivity index (χ3v) is 5.30. The summed E-state index contributed by atoms with van der Waals surface area (Å²) < 4.78 is 5.42. The van der Waals surface area contributed by atoms with Crippen LogP contribution >= 0.6 is 0 Å². The number of nitro groups is 1. The van der Waals surface area contributed by atoms with Gasteiger partial charge in [0.25, 0.3) is 5.69 Å². The summed E-state index contributed by atoms with van der Waals surface area (Å²) in [5.74, 6) is 0.704. The van der Waals surface area contributed by atoms with Gasteiger partial charge in [0.15, 0.2) is 0 Å².